The molecule has 0 bridgehead atoms. The topological polar surface area (TPSA) is 51.0 Å². The van der Waals surface area contributed by atoms with Crippen LogP contribution in [0.1, 0.15) is 26.2 Å². The van der Waals surface area contributed by atoms with Gasteiger partial charge in [0.2, 0.25) is 5.89 Å². The van der Waals surface area contributed by atoms with E-state index in [2.05, 4.69) is 29.4 Å². The number of anilines is 1. The van der Waals surface area contributed by atoms with E-state index in [0.29, 0.717) is 17.8 Å². The highest BCUT2D eigenvalue weighted by molar-refractivity contribution is 6.16. The van der Waals surface area contributed by atoms with Gasteiger partial charge in [-0.1, -0.05) is 25.4 Å². The molecule has 1 rings (SSSR count). The molecule has 13 heavy (non-hydrogen) atoms. The Balaban J connectivity index is 2.36. The van der Waals surface area contributed by atoms with Crippen molar-refractivity contribution in [1.29, 1.82) is 0 Å². The van der Waals surface area contributed by atoms with Crippen molar-refractivity contribution in [3.8, 4) is 0 Å². The summed E-state index contributed by atoms with van der Waals surface area (Å²) in [6.07, 6.45) is 1.13. The molecule has 5 heteroatoms. The van der Waals surface area contributed by atoms with Gasteiger partial charge in [0, 0.05) is 6.54 Å². The van der Waals surface area contributed by atoms with Crippen LogP contribution in [-0.2, 0) is 5.88 Å². The van der Waals surface area contributed by atoms with Crippen molar-refractivity contribution in [3.05, 3.63) is 5.89 Å². The van der Waals surface area contributed by atoms with Crippen LogP contribution in [0.4, 0.5) is 6.01 Å². The number of hydrogen-bond acceptors (Lipinski definition) is 4. The fourth-order valence-electron chi connectivity index (χ4n) is 0.785. The summed E-state index contributed by atoms with van der Waals surface area (Å²) in [5.41, 5.74) is 0. The Morgan fingerprint density at radius 1 is 1.54 bits per heavy atom. The maximum atomic E-state index is 5.51. The molecule has 0 fully saturated rings. The van der Waals surface area contributed by atoms with Gasteiger partial charge in [-0.15, -0.1) is 16.7 Å². The van der Waals surface area contributed by atoms with E-state index in [1.807, 2.05) is 0 Å². The predicted molar refractivity (Wildman–Crippen MR) is 51.8 cm³/mol. The normalized spacial score (nSPS) is 12.8. The zero-order valence-corrected chi connectivity index (χ0v) is 8.64. The molecule has 0 aliphatic rings. The minimum atomic E-state index is 0.262. The van der Waals surface area contributed by atoms with E-state index in [1.165, 1.54) is 0 Å². The van der Waals surface area contributed by atoms with Gasteiger partial charge in [0.1, 0.15) is 5.88 Å². The molecular formula is C8H14ClN3O. The third kappa shape index (κ3) is 3.22. The first-order valence-electron chi connectivity index (χ1n) is 4.38. The Labute approximate surface area is 82.7 Å². The van der Waals surface area contributed by atoms with Crippen LogP contribution in [-0.4, -0.2) is 16.7 Å². The third-order valence-corrected chi connectivity index (χ3v) is 2.11. The van der Waals surface area contributed by atoms with Crippen LogP contribution in [0.15, 0.2) is 4.42 Å². The Kier molecular flexibility index (Phi) is 4.02. The lowest BCUT2D eigenvalue weighted by molar-refractivity contribution is 0.513. The summed E-state index contributed by atoms with van der Waals surface area (Å²) in [6, 6.07) is 0.455. The van der Waals surface area contributed by atoms with Crippen molar-refractivity contribution in [3.63, 3.8) is 0 Å². The molecule has 4 nitrogen and oxygen atoms in total. The smallest absolute Gasteiger partial charge is 0.315 e. The van der Waals surface area contributed by atoms with E-state index in [9.17, 15) is 0 Å². The monoisotopic (exact) mass is 203 g/mol. The molecule has 0 aromatic carbocycles. The molecule has 0 saturated heterocycles. The average molecular weight is 204 g/mol. The lowest BCUT2D eigenvalue weighted by Crippen LogP contribution is -2.10. The van der Waals surface area contributed by atoms with E-state index in [4.69, 9.17) is 16.0 Å². The Bertz CT molecular complexity index is 251. The summed E-state index contributed by atoms with van der Waals surface area (Å²) < 4.78 is 5.16. The molecule has 74 valence electrons. The Hall–Kier alpha value is -0.770. The van der Waals surface area contributed by atoms with E-state index >= 15 is 0 Å². The number of aromatic nitrogens is 2. The molecule has 1 unspecified atom stereocenters. The second-order valence-corrected chi connectivity index (χ2v) is 3.30. The summed E-state index contributed by atoms with van der Waals surface area (Å²) in [6.45, 7) is 5.15. The fourth-order valence-corrected chi connectivity index (χ4v) is 0.893. The quantitative estimate of drug-likeness (QED) is 0.746. The van der Waals surface area contributed by atoms with Crippen LogP contribution in [0.3, 0.4) is 0 Å². The molecule has 1 heterocycles. The van der Waals surface area contributed by atoms with Crippen LogP contribution in [0, 0.1) is 5.92 Å². The maximum Gasteiger partial charge on any atom is 0.315 e. The molecule has 0 radical (unpaired) electrons. The van der Waals surface area contributed by atoms with Crippen LogP contribution >= 0.6 is 11.6 Å². The maximum absolute atomic E-state index is 5.51. The first-order chi connectivity index (χ1) is 6.26. The van der Waals surface area contributed by atoms with E-state index in [1.54, 1.807) is 0 Å². The number of nitrogens with one attached hydrogen (secondary N) is 1. The van der Waals surface area contributed by atoms with Crippen molar-refractivity contribution in [2.75, 3.05) is 11.9 Å². The van der Waals surface area contributed by atoms with Crippen LogP contribution in [0.25, 0.3) is 0 Å². The largest absolute Gasteiger partial charge is 0.407 e. The van der Waals surface area contributed by atoms with Crippen LogP contribution < -0.4 is 5.32 Å². The van der Waals surface area contributed by atoms with E-state index in [0.717, 1.165) is 13.0 Å². The number of hydrogen-bond donors (Lipinski definition) is 1. The second kappa shape index (κ2) is 5.07. The van der Waals surface area contributed by atoms with Gasteiger partial charge in [-0.2, -0.15) is 0 Å². The predicted octanol–water partition coefficient (Wildman–Crippen LogP) is 2.27. The van der Waals surface area contributed by atoms with Crippen LogP contribution in [0.2, 0.25) is 0 Å². The minimum Gasteiger partial charge on any atom is -0.407 e. The van der Waals surface area contributed by atoms with Gasteiger partial charge in [0.05, 0.1) is 0 Å². The fraction of sp³-hybridized carbons (Fsp3) is 0.750. The lowest BCUT2D eigenvalue weighted by Gasteiger charge is -2.06. The first-order valence-corrected chi connectivity index (χ1v) is 4.92. The average Bonchev–Trinajstić information content (AvgIpc) is 2.61. The molecule has 1 aromatic heterocycles. The van der Waals surface area contributed by atoms with Crippen molar-refractivity contribution >= 4 is 17.6 Å². The summed E-state index contributed by atoms with van der Waals surface area (Å²) >= 11 is 5.51. The van der Waals surface area contributed by atoms with Gasteiger partial charge < -0.3 is 9.73 Å². The van der Waals surface area contributed by atoms with Crippen molar-refractivity contribution in [1.82, 2.24) is 10.2 Å². The minimum absolute atomic E-state index is 0.262. The molecule has 0 spiro atoms. The van der Waals surface area contributed by atoms with Gasteiger partial charge in [-0.25, -0.2) is 0 Å². The van der Waals surface area contributed by atoms with Gasteiger partial charge in [0.15, 0.2) is 0 Å². The third-order valence-electron chi connectivity index (χ3n) is 1.88. The molecule has 1 atom stereocenters. The summed E-state index contributed by atoms with van der Waals surface area (Å²) in [5, 5.41) is 10.6. The SMILES string of the molecule is CCC(C)CNc1nnc(CCl)o1. The standard InChI is InChI=1S/C8H14ClN3O/c1-3-6(2)5-10-8-12-11-7(4-9)13-8/h6H,3-5H2,1-2H3,(H,10,12). The van der Waals surface area contributed by atoms with Gasteiger partial charge in [-0.3, -0.25) is 0 Å². The van der Waals surface area contributed by atoms with Crippen molar-refractivity contribution in [2.45, 2.75) is 26.1 Å². The number of nitrogens with zero attached hydrogens (tertiary/aromatic N) is 2. The van der Waals surface area contributed by atoms with Gasteiger partial charge >= 0.3 is 6.01 Å². The molecule has 0 aliphatic heterocycles. The molecule has 0 aliphatic carbocycles. The van der Waals surface area contributed by atoms with Crippen LogP contribution in [0.5, 0.6) is 0 Å². The summed E-state index contributed by atoms with van der Waals surface area (Å²) in [5.74, 6) is 1.32. The highest BCUT2D eigenvalue weighted by Crippen LogP contribution is 2.08. The Morgan fingerprint density at radius 2 is 2.31 bits per heavy atom. The van der Waals surface area contributed by atoms with Gasteiger partial charge in [-0.05, 0) is 5.92 Å². The molecular weight excluding hydrogens is 190 g/mol. The van der Waals surface area contributed by atoms with Gasteiger partial charge in [0.25, 0.3) is 0 Å². The molecule has 1 N–H and O–H groups in total. The first kappa shape index (κ1) is 10.3. The number of halogens is 1. The summed E-state index contributed by atoms with van der Waals surface area (Å²) in [7, 11) is 0. The number of alkyl halides is 1. The van der Waals surface area contributed by atoms with Crippen molar-refractivity contribution in [2.24, 2.45) is 5.92 Å². The highest BCUT2D eigenvalue weighted by atomic mass is 35.5. The van der Waals surface area contributed by atoms with Crippen molar-refractivity contribution < 1.29 is 4.42 Å². The lowest BCUT2D eigenvalue weighted by atomic mass is 10.1. The number of rotatable bonds is 5. The van der Waals surface area contributed by atoms with E-state index in [-0.39, 0.29) is 5.88 Å². The molecule has 1 aromatic rings. The summed E-state index contributed by atoms with van der Waals surface area (Å²) in [4.78, 5) is 0. The Morgan fingerprint density at radius 3 is 2.85 bits per heavy atom. The zero-order valence-electron chi connectivity index (χ0n) is 7.88. The van der Waals surface area contributed by atoms with E-state index < -0.39 is 0 Å². The highest BCUT2D eigenvalue weighted by Gasteiger charge is 2.05. The molecule has 0 amide bonds. The second-order valence-electron chi connectivity index (χ2n) is 3.03. The molecule has 0 saturated carbocycles. The zero-order chi connectivity index (χ0) is 9.68.